The quantitative estimate of drug-likeness (QED) is 0.493. The van der Waals surface area contributed by atoms with Crippen molar-refractivity contribution in [3.8, 4) is 11.3 Å². The fourth-order valence-electron chi connectivity index (χ4n) is 4.35. The number of hydrogen-bond donors (Lipinski definition) is 3. The second kappa shape index (κ2) is 9.58. The SMILES string of the molecule is CC(C)(C)[C@H]1O[C@@H](c2ccncc2CC(=O)c2nc(-c3ccccc3)cnc2N)C[C@H](N)[C@@H]1O. The highest BCUT2D eigenvalue weighted by Crippen LogP contribution is 2.39. The van der Waals surface area contributed by atoms with Crippen molar-refractivity contribution in [2.24, 2.45) is 11.1 Å². The van der Waals surface area contributed by atoms with Crippen LogP contribution in [0.5, 0.6) is 0 Å². The van der Waals surface area contributed by atoms with Crippen LogP contribution in [0.3, 0.4) is 0 Å². The number of anilines is 1. The minimum Gasteiger partial charge on any atom is -0.389 e. The van der Waals surface area contributed by atoms with Crippen LogP contribution in [0.1, 0.15) is 54.9 Å². The summed E-state index contributed by atoms with van der Waals surface area (Å²) in [5.41, 5.74) is 15.1. The number of nitrogens with zero attached hydrogens (tertiary/aromatic N) is 3. The first-order valence-electron chi connectivity index (χ1n) is 11.4. The van der Waals surface area contributed by atoms with E-state index in [0.717, 1.165) is 11.1 Å². The van der Waals surface area contributed by atoms with Crippen molar-refractivity contribution in [2.75, 3.05) is 5.73 Å². The smallest absolute Gasteiger partial charge is 0.189 e. The summed E-state index contributed by atoms with van der Waals surface area (Å²) >= 11 is 0. The highest BCUT2D eigenvalue weighted by molar-refractivity contribution is 5.99. The standard InChI is InChI=1S/C26H31N5O3/c1-26(2,3)24-23(33)18(27)12-21(34-24)17-9-10-29-13-16(17)11-20(32)22-25(28)30-14-19(31-22)15-7-5-4-6-8-15/h4-10,13-14,18,21,23-24,33H,11-12,27H2,1-3H3,(H2,28,30)/t18-,21+,23-,24-/m0/s1. The van der Waals surface area contributed by atoms with Crippen molar-refractivity contribution in [3.05, 3.63) is 71.8 Å². The monoisotopic (exact) mass is 461 g/mol. The highest BCUT2D eigenvalue weighted by atomic mass is 16.5. The number of ketones is 1. The van der Waals surface area contributed by atoms with E-state index in [-0.39, 0.29) is 35.2 Å². The van der Waals surface area contributed by atoms with Gasteiger partial charge in [0.05, 0.1) is 30.2 Å². The summed E-state index contributed by atoms with van der Waals surface area (Å²) in [5.74, 6) is -0.175. The first kappa shape index (κ1) is 23.9. The van der Waals surface area contributed by atoms with Crippen LogP contribution in [0, 0.1) is 5.41 Å². The molecule has 4 rings (SSSR count). The van der Waals surface area contributed by atoms with E-state index in [0.29, 0.717) is 17.7 Å². The number of hydrogen-bond acceptors (Lipinski definition) is 8. The van der Waals surface area contributed by atoms with E-state index in [9.17, 15) is 9.90 Å². The Morgan fingerprint density at radius 1 is 1.18 bits per heavy atom. The van der Waals surface area contributed by atoms with E-state index in [1.165, 1.54) is 0 Å². The maximum Gasteiger partial charge on any atom is 0.189 e. The Labute approximate surface area is 199 Å². The van der Waals surface area contributed by atoms with Crippen LogP contribution in [-0.2, 0) is 11.2 Å². The molecular formula is C26H31N5O3. The molecule has 1 saturated heterocycles. The second-order valence-corrected chi connectivity index (χ2v) is 9.83. The summed E-state index contributed by atoms with van der Waals surface area (Å²) in [6, 6.07) is 10.9. The van der Waals surface area contributed by atoms with Crippen LogP contribution in [0.2, 0.25) is 0 Å². The molecule has 1 aliphatic rings. The Balaban J connectivity index is 1.61. The summed E-state index contributed by atoms with van der Waals surface area (Å²) in [6.45, 7) is 6.02. The Bertz CT molecular complexity index is 1160. The minimum atomic E-state index is -0.765. The lowest BCUT2D eigenvalue weighted by atomic mass is 9.79. The number of Topliss-reactive ketones (excluding diaryl/α,β-unsaturated/α-hetero) is 1. The number of benzene rings is 1. The minimum absolute atomic E-state index is 0.0398. The third-order valence-electron chi connectivity index (χ3n) is 6.17. The zero-order valence-electron chi connectivity index (χ0n) is 19.7. The Morgan fingerprint density at radius 3 is 2.62 bits per heavy atom. The van der Waals surface area contributed by atoms with E-state index in [4.69, 9.17) is 16.2 Å². The van der Waals surface area contributed by atoms with Crippen LogP contribution < -0.4 is 11.5 Å². The fraction of sp³-hybridized carbons (Fsp3) is 0.385. The van der Waals surface area contributed by atoms with E-state index in [2.05, 4.69) is 15.0 Å². The summed E-state index contributed by atoms with van der Waals surface area (Å²) < 4.78 is 6.33. The third kappa shape index (κ3) is 4.99. The van der Waals surface area contributed by atoms with Gasteiger partial charge in [0.1, 0.15) is 5.69 Å². The molecule has 0 saturated carbocycles. The average Bonchev–Trinajstić information content (AvgIpc) is 2.81. The van der Waals surface area contributed by atoms with Crippen LogP contribution in [0.4, 0.5) is 5.82 Å². The number of pyridine rings is 1. The van der Waals surface area contributed by atoms with Gasteiger partial charge in [-0.2, -0.15) is 0 Å². The number of aliphatic hydroxyl groups excluding tert-OH is 1. The fourth-order valence-corrected chi connectivity index (χ4v) is 4.35. The predicted octanol–water partition coefficient (Wildman–Crippen LogP) is 3.11. The van der Waals surface area contributed by atoms with Gasteiger partial charge in [0.2, 0.25) is 0 Å². The van der Waals surface area contributed by atoms with Crippen molar-refractivity contribution < 1.29 is 14.6 Å². The molecule has 34 heavy (non-hydrogen) atoms. The first-order chi connectivity index (χ1) is 16.1. The van der Waals surface area contributed by atoms with Crippen LogP contribution in [-0.4, -0.2) is 44.1 Å². The molecule has 5 N–H and O–H groups in total. The van der Waals surface area contributed by atoms with Gasteiger partial charge in [-0.25, -0.2) is 9.97 Å². The zero-order valence-corrected chi connectivity index (χ0v) is 19.7. The van der Waals surface area contributed by atoms with Gasteiger partial charge in [0.15, 0.2) is 11.6 Å². The van der Waals surface area contributed by atoms with E-state index in [1.807, 2.05) is 57.2 Å². The number of aliphatic hydroxyl groups is 1. The van der Waals surface area contributed by atoms with Crippen molar-refractivity contribution >= 4 is 11.6 Å². The third-order valence-corrected chi connectivity index (χ3v) is 6.17. The van der Waals surface area contributed by atoms with Crippen molar-refractivity contribution in [2.45, 2.75) is 58.0 Å². The lowest BCUT2D eigenvalue weighted by molar-refractivity contribution is -0.167. The first-order valence-corrected chi connectivity index (χ1v) is 11.4. The van der Waals surface area contributed by atoms with Gasteiger partial charge in [0.25, 0.3) is 0 Å². The molecule has 2 aromatic heterocycles. The Hall–Kier alpha value is -3.20. The van der Waals surface area contributed by atoms with Crippen molar-refractivity contribution in [1.29, 1.82) is 0 Å². The lowest BCUT2D eigenvalue weighted by Gasteiger charge is -2.44. The molecule has 0 radical (unpaired) electrons. The molecule has 8 nitrogen and oxygen atoms in total. The number of carbonyl (C=O) groups is 1. The number of ether oxygens (including phenoxy) is 1. The van der Waals surface area contributed by atoms with E-state index < -0.39 is 18.2 Å². The van der Waals surface area contributed by atoms with Crippen molar-refractivity contribution in [3.63, 3.8) is 0 Å². The molecule has 1 aliphatic heterocycles. The lowest BCUT2D eigenvalue weighted by Crippen LogP contribution is -2.54. The zero-order chi connectivity index (χ0) is 24.5. The van der Waals surface area contributed by atoms with Gasteiger partial charge in [0, 0.05) is 30.4 Å². The molecule has 4 atom stereocenters. The van der Waals surface area contributed by atoms with Gasteiger partial charge < -0.3 is 21.3 Å². The maximum atomic E-state index is 13.3. The number of aromatic nitrogens is 3. The van der Waals surface area contributed by atoms with Crippen LogP contribution in [0.25, 0.3) is 11.3 Å². The van der Waals surface area contributed by atoms with Gasteiger partial charge in [-0.15, -0.1) is 0 Å². The summed E-state index contributed by atoms with van der Waals surface area (Å²) in [4.78, 5) is 26.2. The van der Waals surface area contributed by atoms with Crippen LogP contribution in [0.15, 0.2) is 55.0 Å². The summed E-state index contributed by atoms with van der Waals surface area (Å²) in [7, 11) is 0. The van der Waals surface area contributed by atoms with E-state index >= 15 is 0 Å². The van der Waals surface area contributed by atoms with E-state index in [1.54, 1.807) is 18.6 Å². The molecule has 0 spiro atoms. The molecule has 3 heterocycles. The Morgan fingerprint density at radius 2 is 1.91 bits per heavy atom. The molecular weight excluding hydrogens is 430 g/mol. The van der Waals surface area contributed by atoms with Gasteiger partial charge >= 0.3 is 0 Å². The summed E-state index contributed by atoms with van der Waals surface area (Å²) in [5, 5.41) is 10.6. The maximum absolute atomic E-state index is 13.3. The molecule has 0 unspecified atom stereocenters. The average molecular weight is 462 g/mol. The molecule has 3 aromatic rings. The van der Waals surface area contributed by atoms with Crippen LogP contribution >= 0.6 is 0 Å². The molecule has 8 heteroatoms. The molecule has 0 amide bonds. The Kier molecular flexibility index (Phi) is 6.74. The van der Waals surface area contributed by atoms with Gasteiger partial charge in [-0.05, 0) is 29.0 Å². The molecule has 1 aromatic carbocycles. The number of carbonyl (C=O) groups excluding carboxylic acids is 1. The number of rotatable bonds is 5. The van der Waals surface area contributed by atoms with Crippen molar-refractivity contribution in [1.82, 2.24) is 15.0 Å². The van der Waals surface area contributed by atoms with Gasteiger partial charge in [-0.1, -0.05) is 51.1 Å². The number of nitrogens with two attached hydrogens (primary N) is 2. The second-order valence-electron chi connectivity index (χ2n) is 9.83. The number of nitrogen functional groups attached to an aromatic ring is 1. The van der Waals surface area contributed by atoms with Gasteiger partial charge in [-0.3, -0.25) is 9.78 Å². The highest BCUT2D eigenvalue weighted by Gasteiger charge is 2.42. The topological polar surface area (TPSA) is 137 Å². The predicted molar refractivity (Wildman–Crippen MR) is 130 cm³/mol. The molecule has 1 fully saturated rings. The largest absolute Gasteiger partial charge is 0.389 e. The molecule has 178 valence electrons. The normalized spacial score (nSPS) is 23.0. The summed E-state index contributed by atoms with van der Waals surface area (Å²) in [6.07, 6.45) is 3.78. The molecule has 0 aliphatic carbocycles. The molecule has 0 bridgehead atoms.